The van der Waals surface area contributed by atoms with E-state index in [1.807, 2.05) is 0 Å². The molecule has 1 aliphatic heterocycles. The highest BCUT2D eigenvalue weighted by molar-refractivity contribution is 7.92. The van der Waals surface area contributed by atoms with Gasteiger partial charge in [0.25, 0.3) is 0 Å². The van der Waals surface area contributed by atoms with E-state index in [9.17, 15) is 18.0 Å². The van der Waals surface area contributed by atoms with Crippen LogP contribution >= 0.6 is 0 Å². The molecule has 1 N–H and O–H groups in total. The van der Waals surface area contributed by atoms with Crippen molar-refractivity contribution >= 4 is 27.6 Å². The van der Waals surface area contributed by atoms with Crippen LogP contribution in [0.1, 0.15) is 23.7 Å². The summed E-state index contributed by atoms with van der Waals surface area (Å²) < 4.78 is 34.5. The summed E-state index contributed by atoms with van der Waals surface area (Å²) in [4.78, 5) is 23.4. The fraction of sp³-hybridized carbons (Fsp3) is 0.385. The second kappa shape index (κ2) is 5.72. The number of ether oxygens (including phenoxy) is 2. The van der Waals surface area contributed by atoms with Crippen LogP contribution in [-0.4, -0.2) is 38.8 Å². The van der Waals surface area contributed by atoms with Crippen molar-refractivity contribution in [1.29, 1.82) is 0 Å². The zero-order chi connectivity index (χ0) is 15.6. The Hall–Kier alpha value is -2.09. The molecule has 1 heterocycles. The number of esters is 2. The van der Waals surface area contributed by atoms with E-state index in [2.05, 4.69) is 4.72 Å². The minimum atomic E-state index is -3.43. The van der Waals surface area contributed by atoms with E-state index in [4.69, 9.17) is 9.47 Å². The van der Waals surface area contributed by atoms with Crippen LogP contribution in [0.2, 0.25) is 0 Å². The van der Waals surface area contributed by atoms with Crippen molar-refractivity contribution in [3.8, 4) is 0 Å². The van der Waals surface area contributed by atoms with Crippen molar-refractivity contribution in [3.63, 3.8) is 0 Å². The van der Waals surface area contributed by atoms with Gasteiger partial charge >= 0.3 is 11.9 Å². The smallest absolute Gasteiger partial charge is 0.347 e. The average molecular weight is 313 g/mol. The largest absolute Gasteiger partial charge is 0.460 e. The molecule has 0 amide bonds. The fourth-order valence-corrected chi connectivity index (χ4v) is 2.49. The molecule has 8 heteroatoms. The van der Waals surface area contributed by atoms with Gasteiger partial charge in [0.15, 0.2) is 0 Å². The third-order valence-corrected chi connectivity index (χ3v) is 3.38. The van der Waals surface area contributed by atoms with Gasteiger partial charge in [0.05, 0.1) is 11.8 Å². The monoisotopic (exact) mass is 313 g/mol. The van der Waals surface area contributed by atoms with Crippen LogP contribution < -0.4 is 4.72 Å². The number of carbonyl (C=O) groups excluding carboxylic acids is 2. The van der Waals surface area contributed by atoms with Crippen LogP contribution in [0.15, 0.2) is 24.3 Å². The SMILES string of the molecule is C[C@@H]1C[C@@H](OC(=O)c2cccc(NS(C)(=O)=O)c2)C(=O)O1. The predicted molar refractivity (Wildman–Crippen MR) is 74.3 cm³/mol. The Morgan fingerprint density at radius 3 is 2.71 bits per heavy atom. The number of nitrogens with one attached hydrogen (secondary N) is 1. The van der Waals surface area contributed by atoms with Gasteiger partial charge in [-0.05, 0) is 25.1 Å². The van der Waals surface area contributed by atoms with Crippen LogP contribution in [-0.2, 0) is 24.3 Å². The number of hydrogen-bond acceptors (Lipinski definition) is 6. The summed E-state index contributed by atoms with van der Waals surface area (Å²) in [5, 5.41) is 0. The van der Waals surface area contributed by atoms with E-state index in [0.717, 1.165) is 6.26 Å². The molecule has 0 aromatic heterocycles. The molecule has 0 radical (unpaired) electrons. The minimum absolute atomic E-state index is 0.149. The Morgan fingerprint density at radius 1 is 1.43 bits per heavy atom. The lowest BCUT2D eigenvalue weighted by Gasteiger charge is -2.09. The number of hydrogen-bond donors (Lipinski definition) is 1. The Balaban J connectivity index is 2.09. The Labute approximate surface area is 122 Å². The zero-order valence-electron chi connectivity index (χ0n) is 11.5. The average Bonchev–Trinajstić information content (AvgIpc) is 2.66. The van der Waals surface area contributed by atoms with Gasteiger partial charge in [0.2, 0.25) is 16.1 Å². The van der Waals surface area contributed by atoms with E-state index in [0.29, 0.717) is 6.42 Å². The van der Waals surface area contributed by atoms with E-state index in [1.54, 1.807) is 6.92 Å². The van der Waals surface area contributed by atoms with Gasteiger partial charge in [-0.25, -0.2) is 18.0 Å². The van der Waals surface area contributed by atoms with Crippen LogP contribution in [0.25, 0.3) is 0 Å². The first-order valence-corrected chi connectivity index (χ1v) is 8.13. The summed E-state index contributed by atoms with van der Waals surface area (Å²) in [5.74, 6) is -1.27. The standard InChI is InChI=1S/C13H15NO6S/c1-8-6-11(13(16)19-8)20-12(15)9-4-3-5-10(7-9)14-21(2,17)18/h3-5,7-8,11,14H,6H2,1-2H3/t8-,11-/m1/s1. The second-order valence-corrected chi connectivity index (χ2v) is 6.58. The lowest BCUT2D eigenvalue weighted by molar-refractivity contribution is -0.147. The van der Waals surface area contributed by atoms with Crippen LogP contribution in [0, 0.1) is 0 Å². The molecule has 0 unspecified atom stereocenters. The van der Waals surface area contributed by atoms with E-state index in [-0.39, 0.29) is 17.4 Å². The van der Waals surface area contributed by atoms with E-state index in [1.165, 1.54) is 24.3 Å². The molecule has 7 nitrogen and oxygen atoms in total. The van der Waals surface area contributed by atoms with Crippen molar-refractivity contribution in [3.05, 3.63) is 29.8 Å². The number of benzene rings is 1. The van der Waals surface area contributed by atoms with Gasteiger partial charge in [-0.3, -0.25) is 4.72 Å². The molecule has 1 aliphatic rings. The van der Waals surface area contributed by atoms with Crippen LogP contribution in [0.3, 0.4) is 0 Å². The van der Waals surface area contributed by atoms with Gasteiger partial charge in [0.1, 0.15) is 6.10 Å². The summed E-state index contributed by atoms with van der Waals surface area (Å²) in [6.07, 6.45) is 0.118. The van der Waals surface area contributed by atoms with Gasteiger partial charge in [-0.2, -0.15) is 0 Å². The molecule has 0 spiro atoms. The third kappa shape index (κ3) is 4.19. The van der Waals surface area contributed by atoms with Crippen molar-refractivity contribution in [2.75, 3.05) is 11.0 Å². The minimum Gasteiger partial charge on any atom is -0.460 e. The highest BCUT2D eigenvalue weighted by atomic mass is 32.2. The molecule has 2 atom stereocenters. The summed E-state index contributed by atoms with van der Waals surface area (Å²) in [6, 6.07) is 5.83. The van der Waals surface area contributed by atoms with Gasteiger partial charge in [-0.15, -0.1) is 0 Å². The van der Waals surface area contributed by atoms with Gasteiger partial charge in [-0.1, -0.05) is 6.07 Å². The summed E-state index contributed by atoms with van der Waals surface area (Å²) in [5.41, 5.74) is 0.394. The maximum Gasteiger partial charge on any atom is 0.347 e. The first-order chi connectivity index (χ1) is 9.74. The number of carbonyl (C=O) groups is 2. The van der Waals surface area contributed by atoms with Gasteiger partial charge in [0, 0.05) is 12.1 Å². The Morgan fingerprint density at radius 2 is 2.14 bits per heavy atom. The lowest BCUT2D eigenvalue weighted by Crippen LogP contribution is -2.22. The predicted octanol–water partition coefficient (Wildman–Crippen LogP) is 0.919. The summed E-state index contributed by atoms with van der Waals surface area (Å²) in [7, 11) is -3.43. The molecular formula is C13H15NO6S. The number of rotatable bonds is 4. The lowest BCUT2D eigenvalue weighted by atomic mass is 10.2. The molecule has 114 valence electrons. The Kier molecular flexibility index (Phi) is 4.17. The van der Waals surface area contributed by atoms with E-state index < -0.39 is 28.1 Å². The van der Waals surface area contributed by atoms with Crippen molar-refractivity contribution in [1.82, 2.24) is 0 Å². The highest BCUT2D eigenvalue weighted by Gasteiger charge is 2.35. The second-order valence-electron chi connectivity index (χ2n) is 4.83. The van der Waals surface area contributed by atoms with Gasteiger partial charge < -0.3 is 9.47 Å². The van der Waals surface area contributed by atoms with Crippen LogP contribution in [0.5, 0.6) is 0 Å². The maximum absolute atomic E-state index is 12.0. The zero-order valence-corrected chi connectivity index (χ0v) is 12.3. The van der Waals surface area contributed by atoms with Crippen molar-refractivity contribution in [2.24, 2.45) is 0 Å². The van der Waals surface area contributed by atoms with Crippen molar-refractivity contribution < 1.29 is 27.5 Å². The van der Waals surface area contributed by atoms with Crippen LogP contribution in [0.4, 0.5) is 5.69 Å². The first-order valence-electron chi connectivity index (χ1n) is 6.24. The molecule has 1 aromatic rings. The molecule has 0 bridgehead atoms. The highest BCUT2D eigenvalue weighted by Crippen LogP contribution is 2.20. The summed E-state index contributed by atoms with van der Waals surface area (Å²) in [6.45, 7) is 1.71. The molecular weight excluding hydrogens is 298 g/mol. The number of sulfonamides is 1. The molecule has 0 aliphatic carbocycles. The molecule has 2 rings (SSSR count). The van der Waals surface area contributed by atoms with Crippen molar-refractivity contribution in [2.45, 2.75) is 25.6 Å². The molecule has 1 aromatic carbocycles. The number of cyclic esters (lactones) is 1. The molecule has 1 fully saturated rings. The molecule has 1 saturated heterocycles. The Bertz CT molecular complexity index is 669. The summed E-state index contributed by atoms with van der Waals surface area (Å²) >= 11 is 0. The molecule has 21 heavy (non-hydrogen) atoms. The normalized spacial score (nSPS) is 21.7. The number of anilines is 1. The third-order valence-electron chi connectivity index (χ3n) is 2.78. The quantitative estimate of drug-likeness (QED) is 0.830. The van der Waals surface area contributed by atoms with E-state index >= 15 is 0 Å². The maximum atomic E-state index is 12.0. The molecule has 0 saturated carbocycles. The first kappa shape index (κ1) is 15.3. The topological polar surface area (TPSA) is 98.8 Å². The fourth-order valence-electron chi connectivity index (χ4n) is 1.94.